The molecule has 7 heteroatoms. The van der Waals surface area contributed by atoms with Crippen LogP contribution in [0.3, 0.4) is 0 Å². The zero-order valence-corrected chi connectivity index (χ0v) is 13.3. The molecule has 2 rings (SSSR count). The van der Waals surface area contributed by atoms with Crippen LogP contribution >= 0.6 is 35.8 Å². The highest BCUT2D eigenvalue weighted by Gasteiger charge is 2.37. The minimum Gasteiger partial charge on any atom is -0.383 e. The van der Waals surface area contributed by atoms with Crippen molar-refractivity contribution < 1.29 is 5.11 Å². The Kier molecular flexibility index (Phi) is 4.96. The third-order valence-corrected chi connectivity index (χ3v) is 4.45. The second-order valence-electron chi connectivity index (χ2n) is 4.73. The normalized spacial score (nSPS) is 15.8. The van der Waals surface area contributed by atoms with Crippen molar-refractivity contribution in [2.45, 2.75) is 19.1 Å². The lowest BCUT2D eigenvalue weighted by Gasteiger charge is -2.34. The van der Waals surface area contributed by atoms with Gasteiger partial charge in [0.15, 0.2) is 0 Å². The highest BCUT2D eigenvalue weighted by atomic mass is 35.5. The Morgan fingerprint density at radius 3 is 2.75 bits per heavy atom. The lowest BCUT2D eigenvalue weighted by Crippen LogP contribution is -2.39. The van der Waals surface area contributed by atoms with E-state index in [1.165, 1.54) is 6.33 Å². The second kappa shape index (κ2) is 6.35. The number of hydrogen-bond donors (Lipinski definition) is 2. The van der Waals surface area contributed by atoms with Gasteiger partial charge in [0.1, 0.15) is 18.3 Å². The lowest BCUT2D eigenvalue weighted by molar-refractivity contribution is -0.0275. The highest BCUT2D eigenvalue weighted by molar-refractivity contribution is 7.80. The Morgan fingerprint density at radius 1 is 1.45 bits per heavy atom. The Bertz CT molecular complexity index is 579. The minimum absolute atomic E-state index is 0.131. The molecular weight excluding hydrogens is 317 g/mol. The van der Waals surface area contributed by atoms with Crippen LogP contribution in [0.1, 0.15) is 12.5 Å². The average molecular weight is 332 g/mol. The monoisotopic (exact) mass is 331 g/mol. The molecule has 0 aliphatic heterocycles. The number of thiol groups is 1. The van der Waals surface area contributed by atoms with Gasteiger partial charge in [-0.15, -0.1) is 0 Å². The van der Waals surface area contributed by atoms with E-state index in [-0.39, 0.29) is 12.5 Å². The summed E-state index contributed by atoms with van der Waals surface area (Å²) in [6, 6.07) is 5.07. The molecule has 0 radical (unpaired) electrons. The molecule has 2 aromatic rings. The quantitative estimate of drug-likeness (QED) is 0.828. The largest absolute Gasteiger partial charge is 0.383 e. The van der Waals surface area contributed by atoms with E-state index in [4.69, 9.17) is 23.2 Å². The van der Waals surface area contributed by atoms with E-state index in [9.17, 15) is 5.11 Å². The van der Waals surface area contributed by atoms with E-state index in [1.807, 2.05) is 6.92 Å². The van der Waals surface area contributed by atoms with E-state index >= 15 is 0 Å². The van der Waals surface area contributed by atoms with Crippen molar-refractivity contribution >= 4 is 35.8 Å². The molecule has 2 atom stereocenters. The number of aliphatic hydroxyl groups is 1. The summed E-state index contributed by atoms with van der Waals surface area (Å²) < 4.78 is 1.57. The summed E-state index contributed by atoms with van der Waals surface area (Å²) in [5.74, 6) is 0.373. The first-order valence-electron chi connectivity index (χ1n) is 6.08. The van der Waals surface area contributed by atoms with Gasteiger partial charge in [0.25, 0.3) is 0 Å². The molecule has 0 aliphatic carbocycles. The Morgan fingerprint density at radius 2 is 2.20 bits per heavy atom. The maximum absolute atomic E-state index is 11.1. The highest BCUT2D eigenvalue weighted by Crippen LogP contribution is 2.37. The van der Waals surface area contributed by atoms with Gasteiger partial charge in [-0.3, -0.25) is 0 Å². The topological polar surface area (TPSA) is 50.9 Å². The summed E-state index contributed by atoms with van der Waals surface area (Å²) in [6.45, 7) is 2.16. The minimum atomic E-state index is -1.20. The molecule has 1 heterocycles. The molecule has 1 N–H and O–H groups in total. The third kappa shape index (κ3) is 3.11. The maximum atomic E-state index is 11.1. The molecule has 0 amide bonds. The van der Waals surface area contributed by atoms with Crippen molar-refractivity contribution in [2.24, 2.45) is 5.92 Å². The third-order valence-electron chi connectivity index (χ3n) is 3.36. The summed E-state index contributed by atoms with van der Waals surface area (Å²) in [5.41, 5.74) is -0.586. The van der Waals surface area contributed by atoms with Gasteiger partial charge in [-0.25, -0.2) is 9.67 Å². The van der Waals surface area contributed by atoms with Gasteiger partial charge in [-0.2, -0.15) is 17.7 Å². The zero-order valence-electron chi connectivity index (χ0n) is 10.9. The first-order chi connectivity index (χ1) is 9.47. The molecule has 1 aromatic carbocycles. The van der Waals surface area contributed by atoms with Gasteiger partial charge in [0.05, 0.1) is 6.54 Å². The van der Waals surface area contributed by atoms with E-state index in [0.717, 1.165) is 0 Å². The fourth-order valence-electron chi connectivity index (χ4n) is 2.06. The summed E-state index contributed by atoms with van der Waals surface area (Å²) >= 11 is 16.4. The molecule has 0 saturated carbocycles. The van der Waals surface area contributed by atoms with Crippen LogP contribution in [0.2, 0.25) is 10.0 Å². The van der Waals surface area contributed by atoms with Crippen molar-refractivity contribution in [1.29, 1.82) is 0 Å². The Hall–Kier alpha value is -0.750. The van der Waals surface area contributed by atoms with E-state index in [2.05, 4.69) is 22.7 Å². The van der Waals surface area contributed by atoms with Gasteiger partial charge < -0.3 is 5.11 Å². The molecule has 4 nitrogen and oxygen atoms in total. The van der Waals surface area contributed by atoms with E-state index < -0.39 is 5.60 Å². The van der Waals surface area contributed by atoms with E-state index in [1.54, 1.807) is 29.2 Å². The molecule has 0 bridgehead atoms. The number of benzene rings is 1. The lowest BCUT2D eigenvalue weighted by atomic mass is 9.83. The van der Waals surface area contributed by atoms with Gasteiger partial charge in [0.2, 0.25) is 0 Å². The van der Waals surface area contributed by atoms with Crippen LogP contribution in [0.5, 0.6) is 0 Å². The van der Waals surface area contributed by atoms with Crippen LogP contribution in [0.25, 0.3) is 0 Å². The molecule has 1 aromatic heterocycles. The predicted octanol–water partition coefficient (Wildman–Crippen LogP) is 3.04. The Balaban J connectivity index is 2.45. The van der Waals surface area contributed by atoms with Crippen molar-refractivity contribution in [2.75, 3.05) is 5.75 Å². The smallest absolute Gasteiger partial charge is 0.137 e. The van der Waals surface area contributed by atoms with Crippen molar-refractivity contribution in [3.05, 3.63) is 46.5 Å². The number of aromatic nitrogens is 3. The van der Waals surface area contributed by atoms with Crippen LogP contribution in [0.15, 0.2) is 30.9 Å². The standard InChI is InChI=1S/C13H15Cl2N3OS/c1-9(5-20)13(19,6-18-8-16-7-17-18)11-3-2-10(14)4-12(11)15/h2-4,7-9,19-20H,5-6H2,1H3/t9-,13+/m0/s1. The van der Waals surface area contributed by atoms with Gasteiger partial charge >= 0.3 is 0 Å². The fraction of sp³-hybridized carbons (Fsp3) is 0.385. The molecular formula is C13H15Cl2N3OS. The molecule has 0 spiro atoms. The molecule has 0 saturated heterocycles. The summed E-state index contributed by atoms with van der Waals surface area (Å²) in [4.78, 5) is 3.89. The number of halogens is 2. The first-order valence-corrected chi connectivity index (χ1v) is 7.47. The average Bonchev–Trinajstić information content (AvgIpc) is 2.90. The number of rotatable bonds is 5. The Labute approximate surface area is 133 Å². The summed E-state index contributed by atoms with van der Waals surface area (Å²) in [5, 5.41) is 16.1. The van der Waals surface area contributed by atoms with Gasteiger partial charge in [-0.1, -0.05) is 36.2 Å². The van der Waals surface area contributed by atoms with E-state index in [0.29, 0.717) is 21.4 Å². The maximum Gasteiger partial charge on any atom is 0.137 e. The van der Waals surface area contributed by atoms with Crippen molar-refractivity contribution in [3.63, 3.8) is 0 Å². The number of nitrogens with zero attached hydrogens (tertiary/aromatic N) is 3. The summed E-state index contributed by atoms with van der Waals surface area (Å²) in [6.07, 6.45) is 2.98. The molecule has 20 heavy (non-hydrogen) atoms. The van der Waals surface area contributed by atoms with Crippen LogP contribution in [-0.2, 0) is 12.1 Å². The molecule has 0 fully saturated rings. The van der Waals surface area contributed by atoms with Crippen molar-refractivity contribution in [3.8, 4) is 0 Å². The number of hydrogen-bond acceptors (Lipinski definition) is 4. The second-order valence-corrected chi connectivity index (χ2v) is 5.93. The molecule has 0 unspecified atom stereocenters. The SMILES string of the molecule is C[C@@H](CS)[C@](O)(Cn1cncn1)c1ccc(Cl)cc1Cl. The predicted molar refractivity (Wildman–Crippen MR) is 83.4 cm³/mol. The fourth-order valence-corrected chi connectivity index (χ4v) is 2.93. The van der Waals surface area contributed by atoms with Crippen molar-refractivity contribution in [1.82, 2.24) is 14.8 Å². The summed E-state index contributed by atoms with van der Waals surface area (Å²) in [7, 11) is 0. The van der Waals surface area contributed by atoms with Crippen LogP contribution < -0.4 is 0 Å². The van der Waals surface area contributed by atoms with Gasteiger partial charge in [-0.05, 0) is 23.8 Å². The van der Waals surface area contributed by atoms with Gasteiger partial charge in [0, 0.05) is 15.6 Å². The van der Waals surface area contributed by atoms with Crippen LogP contribution in [0, 0.1) is 5.92 Å². The molecule has 0 aliphatic rings. The van der Waals surface area contributed by atoms with Crippen LogP contribution in [0.4, 0.5) is 0 Å². The first kappa shape index (κ1) is 15.6. The zero-order chi connectivity index (χ0) is 14.8. The van der Waals surface area contributed by atoms with Crippen LogP contribution in [-0.4, -0.2) is 25.6 Å². The molecule has 108 valence electrons.